The topological polar surface area (TPSA) is 29.1 Å². The third-order valence-corrected chi connectivity index (χ3v) is 3.98. The largest absolute Gasteiger partial charge is 0.416 e. The number of carbonyl (C=O) groups excluding carboxylic acids is 1. The van der Waals surface area contributed by atoms with Crippen molar-refractivity contribution in [1.82, 2.24) is 0 Å². The van der Waals surface area contributed by atoms with E-state index in [0.717, 1.165) is 18.2 Å². The van der Waals surface area contributed by atoms with Crippen LogP contribution < -0.4 is 5.32 Å². The predicted molar refractivity (Wildman–Crippen MR) is 77.3 cm³/mol. The Morgan fingerprint density at radius 3 is 2.46 bits per heavy atom. The van der Waals surface area contributed by atoms with Gasteiger partial charge >= 0.3 is 6.18 Å². The second kappa shape index (κ2) is 5.89. The first-order chi connectivity index (χ1) is 11.3. The maximum Gasteiger partial charge on any atom is 0.416 e. The maximum absolute atomic E-state index is 13.5. The van der Waals surface area contributed by atoms with E-state index in [4.69, 9.17) is 0 Å². The second-order valence-corrected chi connectivity index (χ2v) is 5.65. The first-order valence-corrected chi connectivity index (χ1v) is 7.19. The molecule has 1 fully saturated rings. The summed E-state index contributed by atoms with van der Waals surface area (Å²) in [7, 11) is 0. The van der Waals surface area contributed by atoms with Crippen LogP contribution in [0.2, 0.25) is 0 Å². The van der Waals surface area contributed by atoms with Crippen LogP contribution in [0.4, 0.5) is 27.6 Å². The Morgan fingerprint density at radius 1 is 1.08 bits per heavy atom. The van der Waals surface area contributed by atoms with Gasteiger partial charge in [0.25, 0.3) is 0 Å². The van der Waals surface area contributed by atoms with Crippen LogP contribution in [0.3, 0.4) is 0 Å². The fourth-order valence-electron chi connectivity index (χ4n) is 2.72. The summed E-state index contributed by atoms with van der Waals surface area (Å²) in [5, 5.41) is 2.30. The molecule has 1 saturated carbocycles. The number of carbonyl (C=O) groups is 1. The molecule has 24 heavy (non-hydrogen) atoms. The minimum atomic E-state index is -4.50. The number of anilines is 1. The second-order valence-electron chi connectivity index (χ2n) is 5.65. The fraction of sp³-hybridized carbons (Fsp3) is 0.235. The molecule has 1 N–H and O–H groups in total. The zero-order valence-electron chi connectivity index (χ0n) is 12.2. The van der Waals surface area contributed by atoms with Crippen LogP contribution in [0.1, 0.15) is 23.5 Å². The molecular weight excluding hydrogens is 329 g/mol. The zero-order valence-corrected chi connectivity index (χ0v) is 12.2. The molecule has 1 aliphatic rings. The Balaban J connectivity index is 1.75. The number of hydrogen-bond acceptors (Lipinski definition) is 1. The van der Waals surface area contributed by atoms with Crippen molar-refractivity contribution in [3.05, 3.63) is 65.2 Å². The van der Waals surface area contributed by atoms with Gasteiger partial charge in [0.2, 0.25) is 5.91 Å². The summed E-state index contributed by atoms with van der Waals surface area (Å²) >= 11 is 0. The summed E-state index contributed by atoms with van der Waals surface area (Å²) in [6, 6.07) is 7.78. The number of nitrogens with one attached hydrogen (secondary N) is 1. The van der Waals surface area contributed by atoms with Crippen LogP contribution in [0, 0.1) is 17.6 Å². The molecule has 7 heteroatoms. The summed E-state index contributed by atoms with van der Waals surface area (Å²) in [6.07, 6.45) is -4.25. The van der Waals surface area contributed by atoms with Gasteiger partial charge in [-0.3, -0.25) is 4.79 Å². The molecule has 0 spiro atoms. The number of amides is 1. The molecule has 0 heterocycles. The lowest BCUT2D eigenvalue weighted by Crippen LogP contribution is -2.16. The Kier molecular flexibility index (Phi) is 4.03. The molecule has 0 radical (unpaired) electrons. The van der Waals surface area contributed by atoms with E-state index in [0.29, 0.717) is 6.07 Å². The molecule has 2 nitrogen and oxygen atoms in total. The number of rotatable bonds is 3. The van der Waals surface area contributed by atoms with E-state index in [1.165, 1.54) is 18.2 Å². The summed E-state index contributed by atoms with van der Waals surface area (Å²) < 4.78 is 65.4. The van der Waals surface area contributed by atoms with Gasteiger partial charge in [-0.05, 0) is 36.1 Å². The SMILES string of the molecule is O=C(Nc1ccc(F)cc1F)C1CC1c1ccccc1C(F)(F)F. The van der Waals surface area contributed by atoms with E-state index in [-0.39, 0.29) is 17.7 Å². The van der Waals surface area contributed by atoms with Crippen molar-refractivity contribution in [2.45, 2.75) is 18.5 Å². The molecule has 0 bridgehead atoms. The highest BCUT2D eigenvalue weighted by Gasteiger charge is 2.47. The molecule has 1 aliphatic carbocycles. The number of hydrogen-bond donors (Lipinski definition) is 1. The normalized spacial score (nSPS) is 19.9. The Morgan fingerprint density at radius 2 is 1.79 bits per heavy atom. The smallest absolute Gasteiger partial charge is 0.323 e. The highest BCUT2D eigenvalue weighted by atomic mass is 19.4. The summed E-state index contributed by atoms with van der Waals surface area (Å²) in [5.41, 5.74) is -0.904. The Bertz CT molecular complexity index is 787. The fourth-order valence-corrected chi connectivity index (χ4v) is 2.72. The van der Waals surface area contributed by atoms with Crippen molar-refractivity contribution < 1.29 is 26.7 Å². The van der Waals surface area contributed by atoms with E-state index in [1.807, 2.05) is 0 Å². The van der Waals surface area contributed by atoms with E-state index in [2.05, 4.69) is 5.32 Å². The van der Waals surface area contributed by atoms with E-state index < -0.39 is 41.1 Å². The van der Waals surface area contributed by atoms with Gasteiger partial charge in [0.15, 0.2) is 0 Å². The number of benzene rings is 2. The zero-order chi connectivity index (χ0) is 17.5. The molecule has 2 unspecified atom stereocenters. The third kappa shape index (κ3) is 3.25. The average Bonchev–Trinajstić information content (AvgIpc) is 3.30. The minimum absolute atomic E-state index is 0.0599. The molecule has 1 amide bonds. The molecular formula is C17H12F5NO. The van der Waals surface area contributed by atoms with Gasteiger partial charge in [-0.15, -0.1) is 0 Å². The summed E-state index contributed by atoms with van der Waals surface area (Å²) in [5.74, 6) is -3.53. The molecule has 2 aromatic carbocycles. The van der Waals surface area contributed by atoms with Gasteiger partial charge in [-0.25, -0.2) is 8.78 Å². The van der Waals surface area contributed by atoms with Crippen molar-refractivity contribution in [2.75, 3.05) is 5.32 Å². The number of halogens is 5. The van der Waals surface area contributed by atoms with Gasteiger partial charge in [0.05, 0.1) is 11.3 Å². The van der Waals surface area contributed by atoms with Crippen LogP contribution in [0.5, 0.6) is 0 Å². The van der Waals surface area contributed by atoms with Crippen molar-refractivity contribution in [1.29, 1.82) is 0 Å². The minimum Gasteiger partial charge on any atom is -0.323 e. The van der Waals surface area contributed by atoms with Crippen LogP contribution in [-0.4, -0.2) is 5.91 Å². The Hall–Kier alpha value is -2.44. The molecule has 0 aliphatic heterocycles. The monoisotopic (exact) mass is 341 g/mol. The number of alkyl halides is 3. The standard InChI is InChI=1S/C17H12F5NO/c18-9-5-6-15(14(19)7-9)23-16(24)12-8-11(12)10-3-1-2-4-13(10)17(20,21)22/h1-7,11-12H,8H2,(H,23,24). The summed E-state index contributed by atoms with van der Waals surface area (Å²) in [4.78, 5) is 12.1. The first-order valence-electron chi connectivity index (χ1n) is 7.19. The van der Waals surface area contributed by atoms with E-state index >= 15 is 0 Å². The third-order valence-electron chi connectivity index (χ3n) is 3.98. The van der Waals surface area contributed by atoms with Crippen LogP contribution in [-0.2, 0) is 11.0 Å². The highest BCUT2D eigenvalue weighted by molar-refractivity contribution is 5.95. The van der Waals surface area contributed by atoms with E-state index in [9.17, 15) is 26.7 Å². The predicted octanol–water partition coefficient (Wildman–Crippen LogP) is 4.73. The molecule has 2 atom stereocenters. The summed E-state index contributed by atoms with van der Waals surface area (Å²) in [6.45, 7) is 0. The van der Waals surface area contributed by atoms with Gasteiger partial charge in [-0.2, -0.15) is 13.2 Å². The van der Waals surface area contributed by atoms with Crippen LogP contribution >= 0.6 is 0 Å². The molecule has 0 saturated heterocycles. The van der Waals surface area contributed by atoms with Crippen molar-refractivity contribution >= 4 is 11.6 Å². The maximum atomic E-state index is 13.5. The van der Waals surface area contributed by atoms with E-state index in [1.54, 1.807) is 0 Å². The van der Waals surface area contributed by atoms with Gasteiger partial charge < -0.3 is 5.32 Å². The first kappa shape index (κ1) is 16.4. The lowest BCUT2D eigenvalue weighted by molar-refractivity contribution is -0.138. The highest BCUT2D eigenvalue weighted by Crippen LogP contribution is 2.51. The van der Waals surface area contributed by atoms with Gasteiger partial charge in [0, 0.05) is 12.0 Å². The van der Waals surface area contributed by atoms with Gasteiger partial charge in [0.1, 0.15) is 11.6 Å². The molecule has 126 valence electrons. The lowest BCUT2D eigenvalue weighted by Gasteiger charge is -2.12. The van der Waals surface area contributed by atoms with Crippen molar-refractivity contribution in [3.8, 4) is 0 Å². The van der Waals surface area contributed by atoms with Gasteiger partial charge in [-0.1, -0.05) is 18.2 Å². The molecule has 2 aromatic rings. The van der Waals surface area contributed by atoms with Crippen LogP contribution in [0.25, 0.3) is 0 Å². The lowest BCUT2D eigenvalue weighted by atomic mass is 10.0. The van der Waals surface area contributed by atoms with Crippen LogP contribution in [0.15, 0.2) is 42.5 Å². The van der Waals surface area contributed by atoms with Crippen molar-refractivity contribution in [2.24, 2.45) is 5.92 Å². The molecule has 0 aromatic heterocycles. The quantitative estimate of drug-likeness (QED) is 0.804. The van der Waals surface area contributed by atoms with Crippen molar-refractivity contribution in [3.63, 3.8) is 0 Å². The molecule has 3 rings (SSSR count). The Labute approximate surface area is 134 Å². The average molecular weight is 341 g/mol.